The number of hydrazine groups is 1. The van der Waals surface area contributed by atoms with E-state index in [4.69, 9.17) is 5.84 Å². The van der Waals surface area contributed by atoms with Crippen LogP contribution in [0.1, 0.15) is 30.8 Å². The summed E-state index contributed by atoms with van der Waals surface area (Å²) >= 11 is 0. The van der Waals surface area contributed by atoms with Crippen molar-refractivity contribution >= 4 is 11.7 Å². The Morgan fingerprint density at radius 1 is 1.50 bits per heavy atom. The maximum absolute atomic E-state index is 11.6. The first-order chi connectivity index (χ1) is 7.63. The average Bonchev–Trinajstić information content (AvgIpc) is 2.28. The van der Waals surface area contributed by atoms with Gasteiger partial charge in [0.2, 0.25) is 0 Å². The molecule has 0 aliphatic rings. The highest BCUT2D eigenvalue weighted by Gasteiger charge is 2.07. The molecular formula is C10H17N5O. The summed E-state index contributed by atoms with van der Waals surface area (Å²) in [5.74, 6) is 5.87. The van der Waals surface area contributed by atoms with Crippen molar-refractivity contribution in [2.45, 2.75) is 20.3 Å². The fourth-order valence-electron chi connectivity index (χ4n) is 1.11. The lowest BCUT2D eigenvalue weighted by Crippen LogP contribution is -2.26. The van der Waals surface area contributed by atoms with Gasteiger partial charge < -0.3 is 10.7 Å². The van der Waals surface area contributed by atoms with Crippen LogP contribution < -0.4 is 16.6 Å². The lowest BCUT2D eigenvalue weighted by atomic mass is 10.1. The first-order valence-electron chi connectivity index (χ1n) is 5.20. The molecular weight excluding hydrogens is 206 g/mol. The van der Waals surface area contributed by atoms with Gasteiger partial charge in [-0.05, 0) is 12.3 Å². The summed E-state index contributed by atoms with van der Waals surface area (Å²) in [4.78, 5) is 19.4. The van der Waals surface area contributed by atoms with Crippen LogP contribution in [0.25, 0.3) is 0 Å². The van der Waals surface area contributed by atoms with E-state index in [-0.39, 0.29) is 11.6 Å². The Morgan fingerprint density at radius 3 is 2.88 bits per heavy atom. The second kappa shape index (κ2) is 6.02. The molecule has 0 fully saturated rings. The minimum Gasteiger partial charge on any atom is -0.351 e. The van der Waals surface area contributed by atoms with E-state index in [1.165, 1.54) is 12.4 Å². The largest absolute Gasteiger partial charge is 0.351 e. The number of anilines is 1. The highest BCUT2D eigenvalue weighted by atomic mass is 16.1. The van der Waals surface area contributed by atoms with E-state index in [9.17, 15) is 4.79 Å². The van der Waals surface area contributed by atoms with Gasteiger partial charge in [0.1, 0.15) is 5.69 Å². The predicted octanol–water partition coefficient (Wildman–Crippen LogP) is 0.538. The third-order valence-electron chi connectivity index (χ3n) is 2.02. The molecule has 6 nitrogen and oxygen atoms in total. The Bertz CT molecular complexity index is 353. The van der Waals surface area contributed by atoms with Gasteiger partial charge in [0.15, 0.2) is 5.82 Å². The summed E-state index contributed by atoms with van der Waals surface area (Å²) in [6.45, 7) is 4.84. The Kier molecular flexibility index (Phi) is 4.65. The summed E-state index contributed by atoms with van der Waals surface area (Å²) in [5, 5.41) is 2.77. The number of amides is 1. The van der Waals surface area contributed by atoms with Gasteiger partial charge in [-0.2, -0.15) is 0 Å². The normalized spacial score (nSPS) is 10.2. The number of aromatic nitrogens is 2. The molecule has 1 aromatic heterocycles. The van der Waals surface area contributed by atoms with Crippen LogP contribution >= 0.6 is 0 Å². The molecule has 1 amide bonds. The zero-order valence-corrected chi connectivity index (χ0v) is 9.53. The van der Waals surface area contributed by atoms with E-state index in [0.29, 0.717) is 18.3 Å². The molecule has 0 aliphatic heterocycles. The summed E-state index contributed by atoms with van der Waals surface area (Å²) in [5.41, 5.74) is 2.61. The molecule has 0 bridgehead atoms. The van der Waals surface area contributed by atoms with Gasteiger partial charge in [-0.25, -0.2) is 10.8 Å². The minimum absolute atomic E-state index is 0.231. The Hall–Kier alpha value is -1.69. The molecule has 1 rings (SSSR count). The maximum atomic E-state index is 11.6. The number of carbonyl (C=O) groups excluding carboxylic acids is 1. The summed E-state index contributed by atoms with van der Waals surface area (Å²) in [6.07, 6.45) is 3.80. The van der Waals surface area contributed by atoms with Crippen molar-refractivity contribution in [1.29, 1.82) is 0 Å². The first-order valence-corrected chi connectivity index (χ1v) is 5.20. The molecule has 0 aliphatic carbocycles. The number of nitrogens with two attached hydrogens (primary N) is 1. The highest BCUT2D eigenvalue weighted by Crippen LogP contribution is 2.01. The highest BCUT2D eigenvalue weighted by molar-refractivity contribution is 5.92. The van der Waals surface area contributed by atoms with Gasteiger partial charge in [-0.1, -0.05) is 13.8 Å². The lowest BCUT2D eigenvalue weighted by molar-refractivity contribution is 0.0946. The quantitative estimate of drug-likeness (QED) is 0.500. The van der Waals surface area contributed by atoms with Gasteiger partial charge in [0.05, 0.1) is 12.4 Å². The molecule has 88 valence electrons. The van der Waals surface area contributed by atoms with Crippen molar-refractivity contribution in [2.75, 3.05) is 12.0 Å². The molecule has 0 saturated heterocycles. The summed E-state index contributed by atoms with van der Waals surface area (Å²) in [6, 6.07) is 0. The average molecular weight is 223 g/mol. The van der Waals surface area contributed by atoms with Crippen LogP contribution in [-0.4, -0.2) is 22.4 Å². The minimum atomic E-state index is -0.231. The number of nitrogens with one attached hydrogen (secondary N) is 2. The number of carbonyl (C=O) groups is 1. The Labute approximate surface area is 94.6 Å². The van der Waals surface area contributed by atoms with Gasteiger partial charge in [0, 0.05) is 6.54 Å². The van der Waals surface area contributed by atoms with E-state index < -0.39 is 0 Å². The Morgan fingerprint density at radius 2 is 2.25 bits per heavy atom. The molecule has 1 aromatic rings. The molecule has 1 heterocycles. The molecule has 0 spiro atoms. The Balaban J connectivity index is 2.52. The summed E-state index contributed by atoms with van der Waals surface area (Å²) in [7, 11) is 0. The monoisotopic (exact) mass is 223 g/mol. The predicted molar refractivity (Wildman–Crippen MR) is 61.6 cm³/mol. The lowest BCUT2D eigenvalue weighted by Gasteiger charge is -2.07. The molecule has 0 radical (unpaired) electrons. The molecule has 0 aromatic carbocycles. The third kappa shape index (κ3) is 3.82. The van der Waals surface area contributed by atoms with Crippen LogP contribution in [0, 0.1) is 5.92 Å². The first kappa shape index (κ1) is 12.4. The number of nitrogen functional groups attached to an aromatic ring is 1. The van der Waals surface area contributed by atoms with Gasteiger partial charge in [0.25, 0.3) is 5.91 Å². The topological polar surface area (TPSA) is 92.9 Å². The van der Waals surface area contributed by atoms with Crippen molar-refractivity contribution in [2.24, 2.45) is 11.8 Å². The van der Waals surface area contributed by atoms with Crippen molar-refractivity contribution in [3.8, 4) is 0 Å². The van der Waals surface area contributed by atoms with E-state index in [0.717, 1.165) is 6.42 Å². The second-order valence-electron chi connectivity index (χ2n) is 3.87. The summed E-state index contributed by atoms with van der Waals surface area (Å²) < 4.78 is 0. The van der Waals surface area contributed by atoms with E-state index in [2.05, 4.69) is 34.6 Å². The second-order valence-corrected chi connectivity index (χ2v) is 3.87. The molecule has 6 heteroatoms. The van der Waals surface area contributed by atoms with Crippen LogP contribution in [0.5, 0.6) is 0 Å². The standard InChI is InChI=1S/C10H17N5O/c1-7(2)3-4-13-10(16)8-5-12-6-9(14-8)15-11/h5-7H,3-4,11H2,1-2H3,(H,13,16)(H,14,15). The van der Waals surface area contributed by atoms with Crippen LogP contribution in [0.2, 0.25) is 0 Å². The van der Waals surface area contributed by atoms with Crippen molar-refractivity contribution < 1.29 is 4.79 Å². The fraction of sp³-hybridized carbons (Fsp3) is 0.500. The van der Waals surface area contributed by atoms with Gasteiger partial charge in [-0.3, -0.25) is 9.78 Å². The SMILES string of the molecule is CC(C)CCNC(=O)c1cncc(NN)n1. The molecule has 0 saturated carbocycles. The van der Waals surface area contributed by atoms with Gasteiger partial charge in [-0.15, -0.1) is 0 Å². The number of rotatable bonds is 5. The fourth-order valence-corrected chi connectivity index (χ4v) is 1.11. The third-order valence-corrected chi connectivity index (χ3v) is 2.02. The number of hydrogen-bond acceptors (Lipinski definition) is 5. The zero-order valence-electron chi connectivity index (χ0n) is 9.53. The molecule has 4 N–H and O–H groups in total. The molecule has 0 atom stereocenters. The zero-order chi connectivity index (χ0) is 12.0. The van der Waals surface area contributed by atoms with Crippen LogP contribution in [0.4, 0.5) is 5.82 Å². The van der Waals surface area contributed by atoms with Crippen molar-refractivity contribution in [3.63, 3.8) is 0 Å². The number of hydrogen-bond donors (Lipinski definition) is 3. The van der Waals surface area contributed by atoms with Crippen molar-refractivity contribution in [3.05, 3.63) is 18.1 Å². The van der Waals surface area contributed by atoms with E-state index in [1.54, 1.807) is 0 Å². The van der Waals surface area contributed by atoms with Crippen LogP contribution in [0.15, 0.2) is 12.4 Å². The van der Waals surface area contributed by atoms with Crippen molar-refractivity contribution in [1.82, 2.24) is 15.3 Å². The van der Waals surface area contributed by atoms with E-state index in [1.807, 2.05) is 0 Å². The molecule has 16 heavy (non-hydrogen) atoms. The smallest absolute Gasteiger partial charge is 0.271 e. The van der Waals surface area contributed by atoms with E-state index >= 15 is 0 Å². The number of nitrogens with zero attached hydrogens (tertiary/aromatic N) is 2. The molecule has 0 unspecified atom stereocenters. The van der Waals surface area contributed by atoms with Gasteiger partial charge >= 0.3 is 0 Å². The maximum Gasteiger partial charge on any atom is 0.271 e. The van der Waals surface area contributed by atoms with Crippen LogP contribution in [-0.2, 0) is 0 Å². The van der Waals surface area contributed by atoms with Crippen LogP contribution in [0.3, 0.4) is 0 Å².